The zero-order valence-corrected chi connectivity index (χ0v) is 10.0. The summed E-state index contributed by atoms with van der Waals surface area (Å²) in [6.07, 6.45) is 0.420. The summed E-state index contributed by atoms with van der Waals surface area (Å²) in [4.78, 5) is 0. The van der Waals surface area contributed by atoms with Gasteiger partial charge in [-0.3, -0.25) is 0 Å². The summed E-state index contributed by atoms with van der Waals surface area (Å²) in [5, 5.41) is 18.6. The van der Waals surface area contributed by atoms with Gasteiger partial charge in [-0.1, -0.05) is 12.1 Å². The zero-order chi connectivity index (χ0) is 11.3. The van der Waals surface area contributed by atoms with Gasteiger partial charge >= 0.3 is 0 Å². The van der Waals surface area contributed by atoms with Crippen molar-refractivity contribution in [2.75, 3.05) is 13.2 Å². The van der Waals surface area contributed by atoms with Gasteiger partial charge in [-0.05, 0) is 19.4 Å². The van der Waals surface area contributed by atoms with Crippen LogP contribution in [0.4, 0.5) is 0 Å². The fourth-order valence-corrected chi connectivity index (χ4v) is 1.41. The fourth-order valence-electron chi connectivity index (χ4n) is 1.41. The normalized spacial score (nSPS) is 11.7. The molecule has 0 fully saturated rings. The van der Waals surface area contributed by atoms with Crippen LogP contribution in [-0.2, 0) is 0 Å². The monoisotopic (exact) mass is 247 g/mol. The summed E-state index contributed by atoms with van der Waals surface area (Å²) in [7, 11) is 0. The van der Waals surface area contributed by atoms with Crippen molar-refractivity contribution < 1.29 is 14.9 Å². The molecule has 1 atom stereocenters. The van der Waals surface area contributed by atoms with E-state index < -0.39 is 0 Å². The molecule has 0 aliphatic rings. The number of phenols is 1. The quantitative estimate of drug-likeness (QED) is 0.739. The molecule has 5 heteroatoms. The van der Waals surface area contributed by atoms with E-state index in [0.717, 1.165) is 0 Å². The maximum absolute atomic E-state index is 9.83. The number of hydrogen-bond acceptors (Lipinski definition) is 4. The van der Waals surface area contributed by atoms with Crippen molar-refractivity contribution in [1.29, 1.82) is 0 Å². The third-order valence-electron chi connectivity index (χ3n) is 2.17. The van der Waals surface area contributed by atoms with Crippen LogP contribution in [0.15, 0.2) is 18.2 Å². The lowest BCUT2D eigenvalue weighted by Crippen LogP contribution is -2.12. The molecule has 0 amide bonds. The molecule has 4 N–H and O–H groups in total. The van der Waals surface area contributed by atoms with Crippen molar-refractivity contribution in [3.05, 3.63) is 23.8 Å². The van der Waals surface area contributed by atoms with Crippen molar-refractivity contribution >= 4 is 12.4 Å². The van der Waals surface area contributed by atoms with Gasteiger partial charge in [0.15, 0.2) is 11.5 Å². The van der Waals surface area contributed by atoms with Crippen molar-refractivity contribution in [2.45, 2.75) is 19.4 Å². The van der Waals surface area contributed by atoms with E-state index in [9.17, 15) is 5.11 Å². The smallest absolute Gasteiger partial charge is 0.162 e. The molecule has 1 aromatic rings. The molecular weight excluding hydrogens is 230 g/mol. The Morgan fingerprint density at radius 1 is 1.44 bits per heavy atom. The van der Waals surface area contributed by atoms with Crippen molar-refractivity contribution in [3.8, 4) is 11.5 Å². The minimum absolute atomic E-state index is 0. The third-order valence-corrected chi connectivity index (χ3v) is 2.17. The number of halogens is 1. The molecule has 16 heavy (non-hydrogen) atoms. The van der Waals surface area contributed by atoms with E-state index in [4.69, 9.17) is 15.6 Å². The number of nitrogens with two attached hydrogens (primary N) is 1. The van der Waals surface area contributed by atoms with E-state index in [1.807, 2.05) is 6.92 Å². The topological polar surface area (TPSA) is 75.7 Å². The molecule has 0 radical (unpaired) electrons. The second-order valence-electron chi connectivity index (χ2n) is 3.25. The fraction of sp³-hybridized carbons (Fsp3) is 0.455. The average molecular weight is 248 g/mol. The van der Waals surface area contributed by atoms with Gasteiger partial charge in [0.1, 0.15) is 0 Å². The van der Waals surface area contributed by atoms with E-state index in [1.54, 1.807) is 18.2 Å². The number of aliphatic hydroxyl groups is 1. The van der Waals surface area contributed by atoms with Crippen LogP contribution < -0.4 is 10.5 Å². The Bertz CT molecular complexity index is 320. The second kappa shape index (κ2) is 7.33. The van der Waals surface area contributed by atoms with Gasteiger partial charge in [-0.2, -0.15) is 0 Å². The lowest BCUT2D eigenvalue weighted by Gasteiger charge is -2.14. The number of benzene rings is 1. The van der Waals surface area contributed by atoms with Gasteiger partial charge in [0, 0.05) is 18.2 Å². The molecule has 92 valence electrons. The molecule has 0 saturated carbocycles. The van der Waals surface area contributed by atoms with Crippen molar-refractivity contribution in [3.63, 3.8) is 0 Å². The first-order chi connectivity index (χ1) is 7.20. The molecule has 0 aromatic heterocycles. The number of para-hydroxylation sites is 1. The van der Waals surface area contributed by atoms with Crippen LogP contribution in [0.2, 0.25) is 0 Å². The van der Waals surface area contributed by atoms with Crippen LogP contribution >= 0.6 is 12.4 Å². The summed E-state index contributed by atoms with van der Waals surface area (Å²) in [5.74, 6) is 0.503. The number of rotatable bonds is 5. The largest absolute Gasteiger partial charge is 0.504 e. The Morgan fingerprint density at radius 3 is 2.69 bits per heavy atom. The Hall–Kier alpha value is -0.970. The van der Waals surface area contributed by atoms with Crippen LogP contribution in [0, 0.1) is 0 Å². The Morgan fingerprint density at radius 2 is 2.12 bits per heavy atom. The third kappa shape index (κ3) is 3.56. The predicted molar refractivity (Wildman–Crippen MR) is 65.2 cm³/mol. The number of phenolic OH excluding ortho intramolecular Hbond substituents is 1. The molecule has 0 aliphatic heterocycles. The van der Waals surface area contributed by atoms with E-state index in [-0.39, 0.29) is 30.8 Å². The molecule has 0 bridgehead atoms. The van der Waals surface area contributed by atoms with Crippen LogP contribution in [-0.4, -0.2) is 23.4 Å². The Balaban J connectivity index is 0.00000225. The highest BCUT2D eigenvalue weighted by atomic mass is 35.5. The highest BCUT2D eigenvalue weighted by molar-refractivity contribution is 5.85. The maximum Gasteiger partial charge on any atom is 0.162 e. The molecule has 0 saturated heterocycles. The number of aliphatic hydroxyl groups excluding tert-OH is 1. The molecule has 0 aliphatic carbocycles. The molecule has 0 spiro atoms. The molecule has 1 rings (SSSR count). The van der Waals surface area contributed by atoms with Gasteiger partial charge in [0.05, 0.1) is 6.61 Å². The Labute approximate surface area is 101 Å². The lowest BCUT2D eigenvalue weighted by atomic mass is 10.0. The summed E-state index contributed by atoms with van der Waals surface area (Å²) < 4.78 is 5.24. The SMILES string of the molecule is CCOc1cccc(C(N)CCO)c1O.Cl. The number of hydrogen-bond donors (Lipinski definition) is 3. The minimum Gasteiger partial charge on any atom is -0.504 e. The second-order valence-corrected chi connectivity index (χ2v) is 3.25. The summed E-state index contributed by atoms with van der Waals surface area (Å²) >= 11 is 0. The van der Waals surface area contributed by atoms with Gasteiger partial charge in [-0.25, -0.2) is 0 Å². The summed E-state index contributed by atoms with van der Waals surface area (Å²) in [6, 6.07) is 4.83. The van der Waals surface area contributed by atoms with Gasteiger partial charge < -0.3 is 20.7 Å². The van der Waals surface area contributed by atoms with Gasteiger partial charge in [0.2, 0.25) is 0 Å². The van der Waals surface area contributed by atoms with E-state index in [1.165, 1.54) is 0 Å². The standard InChI is InChI=1S/C11H17NO3.ClH/c1-2-15-10-5-3-4-8(11(10)14)9(12)6-7-13;/h3-5,9,13-14H,2,6-7,12H2,1H3;1H. The molecule has 1 unspecified atom stereocenters. The van der Waals surface area contributed by atoms with Crippen LogP contribution in [0.25, 0.3) is 0 Å². The zero-order valence-electron chi connectivity index (χ0n) is 9.22. The summed E-state index contributed by atoms with van der Waals surface area (Å²) in [5.41, 5.74) is 6.40. The van der Waals surface area contributed by atoms with E-state index in [2.05, 4.69) is 0 Å². The number of aromatic hydroxyl groups is 1. The molecule has 1 aromatic carbocycles. The first-order valence-electron chi connectivity index (χ1n) is 5.01. The van der Waals surface area contributed by atoms with Crippen LogP contribution in [0.3, 0.4) is 0 Å². The minimum atomic E-state index is -0.365. The predicted octanol–water partition coefficient (Wildman–Crippen LogP) is 1.59. The van der Waals surface area contributed by atoms with Gasteiger partial charge in [0.25, 0.3) is 0 Å². The first kappa shape index (κ1) is 15.0. The lowest BCUT2D eigenvalue weighted by molar-refractivity contribution is 0.274. The van der Waals surface area contributed by atoms with Crippen molar-refractivity contribution in [2.24, 2.45) is 5.73 Å². The molecular formula is C11H18ClNO3. The van der Waals surface area contributed by atoms with E-state index in [0.29, 0.717) is 24.3 Å². The number of ether oxygens (including phenoxy) is 1. The maximum atomic E-state index is 9.83. The molecule has 4 nitrogen and oxygen atoms in total. The van der Waals surface area contributed by atoms with Crippen LogP contribution in [0.5, 0.6) is 11.5 Å². The van der Waals surface area contributed by atoms with Crippen molar-refractivity contribution in [1.82, 2.24) is 0 Å². The molecule has 0 heterocycles. The van der Waals surface area contributed by atoms with Gasteiger partial charge in [-0.15, -0.1) is 12.4 Å². The summed E-state index contributed by atoms with van der Waals surface area (Å²) in [6.45, 7) is 2.34. The van der Waals surface area contributed by atoms with Crippen LogP contribution in [0.1, 0.15) is 24.9 Å². The highest BCUT2D eigenvalue weighted by Crippen LogP contribution is 2.33. The first-order valence-corrected chi connectivity index (χ1v) is 5.01. The highest BCUT2D eigenvalue weighted by Gasteiger charge is 2.13. The van der Waals surface area contributed by atoms with E-state index >= 15 is 0 Å². The Kier molecular flexibility index (Phi) is 6.88. The average Bonchev–Trinajstić information content (AvgIpc) is 2.22.